The summed E-state index contributed by atoms with van der Waals surface area (Å²) in [6, 6.07) is 67.0. The summed E-state index contributed by atoms with van der Waals surface area (Å²) in [6.07, 6.45) is 11.1. The topological polar surface area (TPSA) is 293 Å². The fourth-order valence-electron chi connectivity index (χ4n) is 16.5. The third-order valence-electron chi connectivity index (χ3n) is 24.2. The number of imidazole rings is 2. The number of nitrogens with zero attached hydrogens (tertiary/aromatic N) is 8. The first-order chi connectivity index (χ1) is 64.5. The molecule has 14 rings (SSSR count). The number of aromatic nitrogens is 4. The number of aryl methyl sites for hydroxylation is 5. The van der Waals surface area contributed by atoms with E-state index in [1.165, 1.54) is 11.1 Å². The van der Waals surface area contributed by atoms with Crippen LogP contribution in [-0.4, -0.2) is 57.3 Å². The number of carbonyl (C=O) groups excluding carboxylic acids is 4. The van der Waals surface area contributed by atoms with Crippen LogP contribution < -0.4 is 74.4 Å². The van der Waals surface area contributed by atoms with Gasteiger partial charge >= 0.3 is 24.1 Å². The zero-order valence-corrected chi connectivity index (χ0v) is 82.8. The van der Waals surface area contributed by atoms with Crippen LogP contribution >= 0.6 is 58.0 Å². The maximum absolute atomic E-state index is 14.0. The minimum atomic E-state index is -0.261. The maximum Gasteiger partial charge on any atom is 0.326 e. The second-order valence-corrected chi connectivity index (χ2v) is 34.6. The fourth-order valence-corrected chi connectivity index (χ4v) is 17.8. The molecule has 22 nitrogen and oxygen atoms in total. The molecule has 700 valence electrons. The van der Waals surface area contributed by atoms with Crippen molar-refractivity contribution in [2.45, 2.75) is 166 Å². The standard InChI is InChI=1S/C29H34ClN5O.C28H32ClN5O.C25H28Cl2N4O.C25H29ClN4O/c1-6-19-9-12-21(13-10-19)35(18(4)20-11-14-27-26(15-20)32-17-34(27)5)29(36)33-28-22(7-2)24(30)16-25(31)23(28)8-3;1-5-18-8-11-20(12-9-18)34(16-19-10-13-26-25(14-19)31-17-33(26)4)28(35)32-27-21(6-2)23(29)15-24(30)22(27)7-3;1-4-20-22(27)14-23(28)21(5-2)24(20)30-25(32)31(15-16-6-8-17(26)9-7-16)19-12-10-18(29-3)11-13-19;1-4-18-8-15-23(27)22(5-2)24(18)29-25(31)30(16-17-6-9-19(26)10-7-17)21-13-11-20(28-3)12-14-21/h9-18H,6-8,31H2,1-5H3,(H,33,36);8-15,17H,5-7,16,30H2,1-4H3,(H,32,35);6-14,29H,4-5,15,28H2,1-3H3,(H,30,32);6-15,28H,4-5,16,27H2,1-3H3,(H,29,31). The lowest BCUT2D eigenvalue weighted by Gasteiger charge is -2.31. The van der Waals surface area contributed by atoms with Crippen LogP contribution in [-0.2, 0) is 97.9 Å². The van der Waals surface area contributed by atoms with Gasteiger partial charge in [0.05, 0.1) is 83.1 Å². The summed E-state index contributed by atoms with van der Waals surface area (Å²) in [7, 11) is 7.67. The number of hydrogen-bond acceptors (Lipinski definition) is 12. The van der Waals surface area contributed by atoms with Crippen molar-refractivity contribution in [1.82, 2.24) is 19.1 Å². The first-order valence-electron chi connectivity index (χ1n) is 45.6. The Morgan fingerprint density at radius 1 is 0.336 bits per heavy atom. The lowest BCUT2D eigenvalue weighted by Crippen LogP contribution is -2.37. The van der Waals surface area contributed by atoms with E-state index in [4.69, 9.17) is 80.9 Å². The molecule has 2 aromatic heterocycles. The molecule has 1 atom stereocenters. The molecule has 0 bridgehead atoms. The second kappa shape index (κ2) is 47.5. The maximum atomic E-state index is 14.0. The number of nitrogens with one attached hydrogen (secondary N) is 6. The van der Waals surface area contributed by atoms with Gasteiger partial charge in [-0.25, -0.2) is 29.1 Å². The molecule has 8 amide bonds. The molecule has 0 radical (unpaired) electrons. The Morgan fingerprint density at radius 2 is 0.657 bits per heavy atom. The first kappa shape index (κ1) is 101. The molecule has 0 aliphatic carbocycles. The van der Waals surface area contributed by atoms with E-state index in [-0.39, 0.29) is 30.2 Å². The molecule has 2 heterocycles. The summed E-state index contributed by atoms with van der Waals surface area (Å²) < 4.78 is 3.97. The molecule has 1 unspecified atom stereocenters. The van der Waals surface area contributed by atoms with Gasteiger partial charge in [-0.05, 0) is 295 Å². The van der Waals surface area contributed by atoms with Crippen molar-refractivity contribution in [2.24, 2.45) is 14.1 Å². The van der Waals surface area contributed by atoms with Gasteiger partial charge in [-0.3, -0.25) is 19.6 Å². The van der Waals surface area contributed by atoms with Crippen LogP contribution in [0.4, 0.5) is 98.8 Å². The van der Waals surface area contributed by atoms with E-state index in [2.05, 4.69) is 93.0 Å². The van der Waals surface area contributed by atoms with Crippen molar-refractivity contribution >= 4 is 184 Å². The van der Waals surface area contributed by atoms with Gasteiger partial charge in [0.15, 0.2) is 0 Å². The number of urea groups is 4. The van der Waals surface area contributed by atoms with Crippen molar-refractivity contribution in [1.29, 1.82) is 0 Å². The monoisotopic (exact) mass is 1900 g/mol. The molecule has 0 aliphatic rings. The predicted molar refractivity (Wildman–Crippen MR) is 567 cm³/mol. The van der Waals surface area contributed by atoms with E-state index in [0.29, 0.717) is 123 Å². The molecule has 0 spiro atoms. The highest BCUT2D eigenvalue weighted by Gasteiger charge is 2.30. The van der Waals surface area contributed by atoms with Crippen molar-refractivity contribution in [3.05, 3.63) is 328 Å². The minimum absolute atomic E-state index is 0.206. The van der Waals surface area contributed by atoms with Gasteiger partial charge in [-0.2, -0.15) is 0 Å². The number of nitrogens with two attached hydrogens (primary N) is 4. The molecule has 0 saturated heterocycles. The van der Waals surface area contributed by atoms with Crippen LogP contribution in [0.15, 0.2) is 225 Å². The highest BCUT2D eigenvalue weighted by Crippen LogP contribution is 2.41. The first-order valence-corrected chi connectivity index (χ1v) is 47.5. The van der Waals surface area contributed by atoms with E-state index in [1.54, 1.807) is 50.5 Å². The Balaban J connectivity index is 0.000000172. The smallest absolute Gasteiger partial charge is 0.326 e. The zero-order chi connectivity index (χ0) is 96.7. The largest absolute Gasteiger partial charge is 0.398 e. The van der Waals surface area contributed by atoms with Crippen LogP contribution in [0, 0.1) is 0 Å². The summed E-state index contributed by atoms with van der Waals surface area (Å²) >= 11 is 31.6. The molecular weight excluding hydrogens is 1780 g/mol. The Hall–Kier alpha value is -13.1. The van der Waals surface area contributed by atoms with Crippen molar-refractivity contribution < 1.29 is 19.2 Å². The van der Waals surface area contributed by atoms with Crippen LogP contribution in [0.25, 0.3) is 22.1 Å². The zero-order valence-electron chi connectivity index (χ0n) is 79.0. The number of halogens is 5. The lowest BCUT2D eigenvalue weighted by atomic mass is 10.0. The minimum Gasteiger partial charge on any atom is -0.398 e. The normalized spacial score (nSPS) is 11.1. The molecule has 14 N–H and O–H groups in total. The van der Waals surface area contributed by atoms with E-state index >= 15 is 0 Å². The summed E-state index contributed by atoms with van der Waals surface area (Å²) in [5, 5.41) is 21.8. The molecule has 0 fully saturated rings. The number of hydrogen-bond donors (Lipinski definition) is 10. The van der Waals surface area contributed by atoms with Crippen molar-refractivity contribution in [3.8, 4) is 0 Å². The number of fused-ring (bicyclic) bond motifs is 2. The number of carbonyl (C=O) groups is 4. The molecule has 27 heteroatoms. The third-order valence-corrected chi connectivity index (χ3v) is 25.7. The fraction of sp³-hybridized carbons (Fsp3) is 0.271. The van der Waals surface area contributed by atoms with E-state index in [9.17, 15) is 19.2 Å². The average molecular weight is 1900 g/mol. The Labute approximate surface area is 813 Å². The van der Waals surface area contributed by atoms with Gasteiger partial charge in [-0.15, -0.1) is 0 Å². The summed E-state index contributed by atoms with van der Waals surface area (Å²) in [6.45, 7) is 23.7. The quantitative estimate of drug-likeness (QED) is 0.0205. The van der Waals surface area contributed by atoms with Crippen LogP contribution in [0.5, 0.6) is 0 Å². The van der Waals surface area contributed by atoms with Gasteiger partial charge in [-0.1, -0.05) is 194 Å². The van der Waals surface area contributed by atoms with Gasteiger partial charge < -0.3 is 64.0 Å². The Kier molecular flexibility index (Phi) is 36.0. The number of rotatable bonds is 28. The van der Waals surface area contributed by atoms with Gasteiger partial charge in [0.2, 0.25) is 0 Å². The molecule has 0 saturated carbocycles. The third kappa shape index (κ3) is 24.5. The van der Waals surface area contributed by atoms with Gasteiger partial charge in [0, 0.05) is 110 Å². The molecule has 12 aromatic carbocycles. The van der Waals surface area contributed by atoms with Crippen LogP contribution in [0.1, 0.15) is 160 Å². The highest BCUT2D eigenvalue weighted by atomic mass is 35.5. The second-order valence-electron chi connectivity index (χ2n) is 32.5. The van der Waals surface area contributed by atoms with E-state index < -0.39 is 0 Å². The van der Waals surface area contributed by atoms with Crippen molar-refractivity contribution in [2.75, 3.05) is 88.5 Å². The summed E-state index contributed by atoms with van der Waals surface area (Å²) in [5.74, 6) is 0. The number of amides is 8. The number of anilines is 14. The SMILES string of the molecule is CCc1c(N)cc(Cl)c(CC)c1NC(=O)N(Cc1ccc(Cl)cc1)c1ccc(NC)cc1.CCc1ccc(N(C(=O)Nc2c(CC)c(N)cc(Cl)c2CC)C(C)c2ccc3c(c2)ncn3C)cc1.CCc1ccc(N(Cc2ccc3c(c2)ncn3C)C(=O)Nc2c(CC)c(N)cc(Cl)c2CC)cc1.CCc1ccc(N)c(CC)c1NC(=O)N(Cc1ccc(Cl)cc1)c1ccc(NC)cc1. The number of benzene rings is 12. The summed E-state index contributed by atoms with van der Waals surface area (Å²) in [5.41, 5.74) is 53.1. The predicted octanol–water partition coefficient (Wildman–Crippen LogP) is 27.3. The van der Waals surface area contributed by atoms with E-state index in [1.807, 2.05) is 257 Å². The van der Waals surface area contributed by atoms with E-state index in [0.717, 1.165) is 154 Å². The highest BCUT2D eigenvalue weighted by molar-refractivity contribution is 6.33. The average Bonchev–Trinajstić information content (AvgIpc) is 1.79. The van der Waals surface area contributed by atoms with Gasteiger partial charge in [0.1, 0.15) is 0 Å². The molecular formula is C107H123Cl5N18O4. The van der Waals surface area contributed by atoms with Gasteiger partial charge in [0.25, 0.3) is 0 Å². The van der Waals surface area contributed by atoms with Crippen molar-refractivity contribution in [3.63, 3.8) is 0 Å². The number of nitrogen functional groups attached to an aromatic ring is 4. The lowest BCUT2D eigenvalue weighted by molar-refractivity contribution is 0.254. The Bertz CT molecular complexity index is 6320. The molecule has 14 aromatic rings. The van der Waals surface area contributed by atoms with Crippen LogP contribution in [0.2, 0.25) is 25.1 Å². The molecule has 134 heavy (non-hydrogen) atoms. The summed E-state index contributed by atoms with van der Waals surface area (Å²) in [4.78, 5) is 70.9. The Morgan fingerprint density at radius 3 is 1.02 bits per heavy atom. The molecule has 0 aliphatic heterocycles. The van der Waals surface area contributed by atoms with Crippen LogP contribution in [0.3, 0.4) is 0 Å².